The van der Waals surface area contributed by atoms with Gasteiger partial charge in [0.1, 0.15) is 5.82 Å². The van der Waals surface area contributed by atoms with Crippen molar-refractivity contribution in [3.05, 3.63) is 79.6 Å². The van der Waals surface area contributed by atoms with Gasteiger partial charge in [0.2, 0.25) is 0 Å². The van der Waals surface area contributed by atoms with Gasteiger partial charge in [-0.1, -0.05) is 12.1 Å². The third-order valence-corrected chi connectivity index (χ3v) is 3.30. The summed E-state index contributed by atoms with van der Waals surface area (Å²) in [6, 6.07) is 7.61. The molecule has 2 aromatic rings. The van der Waals surface area contributed by atoms with Gasteiger partial charge < -0.3 is 5.32 Å². The van der Waals surface area contributed by atoms with Gasteiger partial charge in [-0.25, -0.2) is 4.39 Å². The second-order valence-corrected chi connectivity index (χ2v) is 5.00. The average Bonchev–Trinajstić information content (AvgIpc) is 2.54. The average molecular weight is 333 g/mol. The topological polar surface area (TPSA) is 115 Å². The number of carbonyl (C=O) groups is 1. The molecule has 0 unspecified atom stereocenters. The Morgan fingerprint density at radius 3 is 2.00 bits per heavy atom. The van der Waals surface area contributed by atoms with Crippen LogP contribution in [-0.4, -0.2) is 15.8 Å². The van der Waals surface area contributed by atoms with Gasteiger partial charge in [-0.15, -0.1) is 0 Å². The molecule has 0 spiro atoms. The standard InChI is InChI=1S/C15H12FN3O5/c1-9(10-2-4-12(16)5-3-10)17-15(20)11-6-13(18(21)22)8-14(7-11)19(23)24/h2-9H,1H3,(H,17,20)/t9-/m0/s1. The van der Waals surface area contributed by atoms with Crippen LogP contribution < -0.4 is 5.32 Å². The Labute approximate surface area is 135 Å². The van der Waals surface area contributed by atoms with Gasteiger partial charge in [0, 0.05) is 12.1 Å². The van der Waals surface area contributed by atoms with E-state index in [2.05, 4.69) is 5.32 Å². The molecule has 0 fully saturated rings. The first-order valence-electron chi connectivity index (χ1n) is 6.78. The highest BCUT2D eigenvalue weighted by Crippen LogP contribution is 2.23. The summed E-state index contributed by atoms with van der Waals surface area (Å²) in [6.07, 6.45) is 0. The van der Waals surface area contributed by atoms with E-state index in [9.17, 15) is 29.4 Å². The Kier molecular flexibility index (Phi) is 4.83. The van der Waals surface area contributed by atoms with Gasteiger partial charge in [-0.05, 0) is 24.6 Å². The van der Waals surface area contributed by atoms with Crippen LogP contribution in [0.2, 0.25) is 0 Å². The minimum absolute atomic E-state index is 0.204. The minimum Gasteiger partial charge on any atom is -0.346 e. The lowest BCUT2D eigenvalue weighted by Crippen LogP contribution is -2.26. The van der Waals surface area contributed by atoms with Crippen LogP contribution >= 0.6 is 0 Å². The maximum atomic E-state index is 12.9. The fourth-order valence-corrected chi connectivity index (χ4v) is 2.05. The Hall–Kier alpha value is -3.36. The summed E-state index contributed by atoms with van der Waals surface area (Å²) in [5, 5.41) is 24.2. The van der Waals surface area contributed by atoms with Crippen molar-refractivity contribution < 1.29 is 19.0 Å². The summed E-state index contributed by atoms with van der Waals surface area (Å²) >= 11 is 0. The first-order chi connectivity index (χ1) is 11.3. The number of nitrogens with one attached hydrogen (secondary N) is 1. The lowest BCUT2D eigenvalue weighted by molar-refractivity contribution is -0.394. The smallest absolute Gasteiger partial charge is 0.277 e. The summed E-state index contributed by atoms with van der Waals surface area (Å²) < 4.78 is 12.9. The predicted molar refractivity (Wildman–Crippen MR) is 82.0 cm³/mol. The molecule has 0 aliphatic carbocycles. The molecule has 0 aliphatic heterocycles. The van der Waals surface area contributed by atoms with Crippen LogP contribution in [0.3, 0.4) is 0 Å². The summed E-state index contributed by atoms with van der Waals surface area (Å²) in [5.41, 5.74) is -0.692. The number of amides is 1. The van der Waals surface area contributed by atoms with Crippen LogP contribution in [0.25, 0.3) is 0 Å². The number of halogens is 1. The van der Waals surface area contributed by atoms with Crippen molar-refractivity contribution in [2.45, 2.75) is 13.0 Å². The molecule has 1 amide bonds. The molecule has 0 bridgehead atoms. The van der Waals surface area contributed by atoms with Crippen LogP contribution in [-0.2, 0) is 0 Å². The molecule has 0 saturated carbocycles. The molecule has 0 saturated heterocycles. The van der Waals surface area contributed by atoms with Gasteiger partial charge in [-0.3, -0.25) is 25.0 Å². The first kappa shape index (κ1) is 17.0. The number of carbonyl (C=O) groups excluding carboxylic acids is 1. The normalized spacial score (nSPS) is 11.6. The molecular weight excluding hydrogens is 321 g/mol. The van der Waals surface area contributed by atoms with Crippen molar-refractivity contribution in [2.75, 3.05) is 0 Å². The second-order valence-electron chi connectivity index (χ2n) is 5.00. The Bertz CT molecular complexity index is 775. The zero-order valence-electron chi connectivity index (χ0n) is 12.4. The Morgan fingerprint density at radius 1 is 1.04 bits per heavy atom. The molecule has 2 rings (SSSR count). The maximum absolute atomic E-state index is 12.9. The largest absolute Gasteiger partial charge is 0.346 e. The summed E-state index contributed by atoms with van der Waals surface area (Å²) in [7, 11) is 0. The van der Waals surface area contributed by atoms with E-state index in [1.54, 1.807) is 6.92 Å². The molecule has 0 heterocycles. The van der Waals surface area contributed by atoms with E-state index in [0.717, 1.165) is 18.2 Å². The number of rotatable bonds is 5. The molecule has 8 nitrogen and oxygen atoms in total. The highest BCUT2D eigenvalue weighted by molar-refractivity contribution is 5.95. The number of non-ortho nitro benzene ring substituents is 2. The van der Waals surface area contributed by atoms with E-state index in [1.807, 2.05) is 0 Å². The minimum atomic E-state index is -0.812. The molecule has 0 radical (unpaired) electrons. The van der Waals surface area contributed by atoms with Crippen LogP contribution in [0.5, 0.6) is 0 Å². The number of nitrogens with zero attached hydrogens (tertiary/aromatic N) is 2. The van der Waals surface area contributed by atoms with Crippen molar-refractivity contribution in [1.82, 2.24) is 5.32 Å². The van der Waals surface area contributed by atoms with Crippen molar-refractivity contribution in [3.8, 4) is 0 Å². The van der Waals surface area contributed by atoms with E-state index in [0.29, 0.717) is 5.56 Å². The lowest BCUT2D eigenvalue weighted by Gasteiger charge is -2.14. The van der Waals surface area contributed by atoms with Crippen molar-refractivity contribution in [3.63, 3.8) is 0 Å². The zero-order chi connectivity index (χ0) is 17.9. The monoisotopic (exact) mass is 333 g/mol. The van der Waals surface area contributed by atoms with Crippen LogP contribution in [0.15, 0.2) is 42.5 Å². The Balaban J connectivity index is 2.27. The molecule has 9 heteroatoms. The molecular formula is C15H12FN3O5. The third kappa shape index (κ3) is 3.88. The van der Waals surface area contributed by atoms with Crippen LogP contribution in [0.1, 0.15) is 28.9 Å². The fraction of sp³-hybridized carbons (Fsp3) is 0.133. The number of benzene rings is 2. The maximum Gasteiger partial charge on any atom is 0.277 e. The lowest BCUT2D eigenvalue weighted by atomic mass is 10.1. The fourth-order valence-electron chi connectivity index (χ4n) is 2.05. The summed E-state index contributed by atoms with van der Waals surface area (Å²) in [5.74, 6) is -1.13. The van der Waals surface area contributed by atoms with E-state index in [-0.39, 0.29) is 5.56 Å². The molecule has 124 valence electrons. The van der Waals surface area contributed by atoms with Gasteiger partial charge in [-0.2, -0.15) is 0 Å². The van der Waals surface area contributed by atoms with Gasteiger partial charge >= 0.3 is 0 Å². The van der Waals surface area contributed by atoms with E-state index in [1.165, 1.54) is 24.3 Å². The van der Waals surface area contributed by atoms with Crippen molar-refractivity contribution in [2.24, 2.45) is 0 Å². The summed E-state index contributed by atoms with van der Waals surface area (Å²) in [4.78, 5) is 32.3. The summed E-state index contributed by atoms with van der Waals surface area (Å²) in [6.45, 7) is 1.64. The quantitative estimate of drug-likeness (QED) is 0.666. The number of hydrogen-bond donors (Lipinski definition) is 1. The highest BCUT2D eigenvalue weighted by atomic mass is 19.1. The van der Waals surface area contributed by atoms with E-state index >= 15 is 0 Å². The predicted octanol–water partition coefficient (Wildman–Crippen LogP) is 3.13. The molecule has 0 aromatic heterocycles. The van der Waals surface area contributed by atoms with Crippen molar-refractivity contribution >= 4 is 17.3 Å². The SMILES string of the molecule is C[C@H](NC(=O)c1cc([N+](=O)[O-])cc([N+](=O)[O-])c1)c1ccc(F)cc1. The van der Waals surface area contributed by atoms with Gasteiger partial charge in [0.15, 0.2) is 0 Å². The Morgan fingerprint density at radius 2 is 1.54 bits per heavy atom. The molecule has 1 N–H and O–H groups in total. The van der Waals surface area contributed by atoms with Crippen molar-refractivity contribution in [1.29, 1.82) is 0 Å². The molecule has 24 heavy (non-hydrogen) atoms. The first-order valence-corrected chi connectivity index (χ1v) is 6.78. The number of nitro benzene ring substituents is 2. The highest BCUT2D eigenvalue weighted by Gasteiger charge is 2.21. The molecule has 0 aliphatic rings. The zero-order valence-corrected chi connectivity index (χ0v) is 12.4. The number of hydrogen-bond acceptors (Lipinski definition) is 5. The van der Waals surface area contributed by atoms with Crippen LogP contribution in [0.4, 0.5) is 15.8 Å². The van der Waals surface area contributed by atoms with Gasteiger partial charge in [0.25, 0.3) is 17.3 Å². The van der Waals surface area contributed by atoms with Gasteiger partial charge in [0.05, 0.1) is 27.5 Å². The molecule has 2 aromatic carbocycles. The number of nitro groups is 2. The van der Waals surface area contributed by atoms with E-state index in [4.69, 9.17) is 0 Å². The molecule has 1 atom stereocenters. The van der Waals surface area contributed by atoms with E-state index < -0.39 is 39.0 Å². The second kappa shape index (κ2) is 6.82. The van der Waals surface area contributed by atoms with Crippen LogP contribution in [0, 0.1) is 26.0 Å². The third-order valence-electron chi connectivity index (χ3n) is 3.30.